The second-order valence-electron chi connectivity index (χ2n) is 8.08. The van der Waals surface area contributed by atoms with Gasteiger partial charge < -0.3 is 20.3 Å². The van der Waals surface area contributed by atoms with Crippen molar-refractivity contribution in [3.63, 3.8) is 0 Å². The molecule has 2 aliphatic rings. The molecule has 1 saturated carbocycles. The molecule has 26 heavy (non-hydrogen) atoms. The van der Waals surface area contributed by atoms with E-state index in [1.807, 2.05) is 0 Å². The Kier molecular flexibility index (Phi) is 9.16. The molecule has 0 unspecified atom stereocenters. The molecule has 1 aliphatic heterocycles. The van der Waals surface area contributed by atoms with Crippen LogP contribution in [-0.2, 0) is 4.74 Å². The molecule has 0 atom stereocenters. The molecule has 1 saturated heterocycles. The van der Waals surface area contributed by atoms with E-state index in [0.717, 1.165) is 58.4 Å². The predicted octanol–water partition coefficient (Wildman–Crippen LogP) is 1.92. The van der Waals surface area contributed by atoms with Crippen molar-refractivity contribution in [2.45, 2.75) is 64.5 Å². The molecule has 2 rings (SSSR count). The SMILES string of the molecule is CCNC(=NCC1(N2CCOCC2)CCCCC1)NCCN(C)C(C)C. The van der Waals surface area contributed by atoms with Gasteiger partial charge in [-0.25, -0.2) is 0 Å². The van der Waals surface area contributed by atoms with Gasteiger partial charge in [-0.3, -0.25) is 9.89 Å². The third-order valence-corrected chi connectivity index (χ3v) is 5.98. The lowest BCUT2D eigenvalue weighted by Crippen LogP contribution is -2.56. The van der Waals surface area contributed by atoms with Gasteiger partial charge in [-0.15, -0.1) is 0 Å². The van der Waals surface area contributed by atoms with E-state index in [1.165, 1.54) is 32.1 Å². The minimum Gasteiger partial charge on any atom is -0.379 e. The summed E-state index contributed by atoms with van der Waals surface area (Å²) in [5.74, 6) is 0.961. The molecule has 2 fully saturated rings. The Morgan fingerprint density at radius 1 is 1.15 bits per heavy atom. The maximum Gasteiger partial charge on any atom is 0.191 e. The minimum atomic E-state index is 0.235. The summed E-state index contributed by atoms with van der Waals surface area (Å²) in [4.78, 5) is 10.0. The van der Waals surface area contributed by atoms with Crippen LogP contribution < -0.4 is 10.6 Å². The minimum absolute atomic E-state index is 0.235. The molecule has 0 radical (unpaired) electrons. The van der Waals surface area contributed by atoms with Gasteiger partial charge in [-0.05, 0) is 40.7 Å². The smallest absolute Gasteiger partial charge is 0.191 e. The maximum atomic E-state index is 5.59. The topological polar surface area (TPSA) is 52.1 Å². The van der Waals surface area contributed by atoms with E-state index in [0.29, 0.717) is 6.04 Å². The summed E-state index contributed by atoms with van der Waals surface area (Å²) < 4.78 is 5.59. The summed E-state index contributed by atoms with van der Waals surface area (Å²) in [5, 5.41) is 6.94. The number of rotatable bonds is 8. The van der Waals surface area contributed by atoms with Gasteiger partial charge >= 0.3 is 0 Å². The summed E-state index contributed by atoms with van der Waals surface area (Å²) >= 11 is 0. The molecule has 6 heteroatoms. The Bertz CT molecular complexity index is 414. The third-order valence-electron chi connectivity index (χ3n) is 5.98. The van der Waals surface area contributed by atoms with Crippen LogP contribution in [0.3, 0.4) is 0 Å². The zero-order valence-corrected chi connectivity index (χ0v) is 17.5. The molecule has 152 valence electrons. The number of hydrogen-bond acceptors (Lipinski definition) is 4. The zero-order chi connectivity index (χ0) is 18.8. The normalized spacial score (nSPS) is 22.0. The highest BCUT2D eigenvalue weighted by Crippen LogP contribution is 2.34. The zero-order valence-electron chi connectivity index (χ0n) is 17.5. The molecular weight excluding hydrogens is 326 g/mol. The number of likely N-dealkylation sites (N-methyl/N-ethyl adjacent to an activating group) is 1. The lowest BCUT2D eigenvalue weighted by Gasteiger charge is -2.47. The third kappa shape index (κ3) is 6.39. The molecular formula is C20H41N5O. The molecule has 6 nitrogen and oxygen atoms in total. The number of aliphatic imine (C=N–C) groups is 1. The van der Waals surface area contributed by atoms with Crippen molar-refractivity contribution < 1.29 is 4.74 Å². The number of nitrogens with zero attached hydrogens (tertiary/aromatic N) is 3. The Morgan fingerprint density at radius 2 is 1.85 bits per heavy atom. The first-order valence-electron chi connectivity index (χ1n) is 10.6. The van der Waals surface area contributed by atoms with E-state index >= 15 is 0 Å². The van der Waals surface area contributed by atoms with E-state index < -0.39 is 0 Å². The van der Waals surface area contributed by atoms with E-state index in [4.69, 9.17) is 9.73 Å². The highest BCUT2D eigenvalue weighted by Gasteiger charge is 2.38. The Balaban J connectivity index is 1.96. The van der Waals surface area contributed by atoms with Crippen molar-refractivity contribution in [3.05, 3.63) is 0 Å². The van der Waals surface area contributed by atoms with Crippen molar-refractivity contribution in [2.75, 3.05) is 59.5 Å². The van der Waals surface area contributed by atoms with Gasteiger partial charge in [0.2, 0.25) is 0 Å². The van der Waals surface area contributed by atoms with Gasteiger partial charge in [0.05, 0.1) is 19.8 Å². The average Bonchev–Trinajstić information content (AvgIpc) is 2.67. The average molecular weight is 368 g/mol. The van der Waals surface area contributed by atoms with Crippen LogP contribution in [0.1, 0.15) is 52.9 Å². The second kappa shape index (κ2) is 11.1. The largest absolute Gasteiger partial charge is 0.379 e. The molecule has 0 aromatic heterocycles. The molecule has 0 spiro atoms. The molecule has 0 amide bonds. The molecule has 1 heterocycles. The van der Waals surface area contributed by atoms with Gasteiger partial charge in [0, 0.05) is 44.3 Å². The standard InChI is InChI=1S/C20H41N5O/c1-5-21-19(22-11-12-24(4)18(2)3)23-17-20(9-7-6-8-10-20)25-13-15-26-16-14-25/h18H,5-17H2,1-4H3,(H2,21,22,23). The van der Waals surface area contributed by atoms with Crippen LogP contribution in [-0.4, -0.2) is 86.9 Å². The van der Waals surface area contributed by atoms with Crippen LogP contribution in [0, 0.1) is 0 Å². The van der Waals surface area contributed by atoms with E-state index in [1.54, 1.807) is 0 Å². The molecule has 0 bridgehead atoms. The Morgan fingerprint density at radius 3 is 2.46 bits per heavy atom. The summed E-state index contributed by atoms with van der Waals surface area (Å²) in [6.07, 6.45) is 6.57. The first-order valence-corrected chi connectivity index (χ1v) is 10.6. The van der Waals surface area contributed by atoms with Crippen LogP contribution in [0.25, 0.3) is 0 Å². The van der Waals surface area contributed by atoms with Crippen LogP contribution in [0.2, 0.25) is 0 Å². The lowest BCUT2D eigenvalue weighted by molar-refractivity contribution is -0.0333. The fraction of sp³-hybridized carbons (Fsp3) is 0.950. The van der Waals surface area contributed by atoms with Gasteiger partial charge in [0.25, 0.3) is 0 Å². The number of guanidine groups is 1. The first kappa shape index (κ1) is 21.5. The second-order valence-corrected chi connectivity index (χ2v) is 8.08. The summed E-state index contributed by atoms with van der Waals surface area (Å²) in [7, 11) is 2.17. The van der Waals surface area contributed by atoms with Crippen LogP contribution in [0.5, 0.6) is 0 Å². The molecule has 0 aromatic rings. The van der Waals surface area contributed by atoms with Crippen LogP contribution >= 0.6 is 0 Å². The van der Waals surface area contributed by atoms with Gasteiger partial charge in [0.15, 0.2) is 5.96 Å². The Labute approximate surface area is 160 Å². The van der Waals surface area contributed by atoms with E-state index in [9.17, 15) is 0 Å². The van der Waals surface area contributed by atoms with Crippen LogP contribution in [0.4, 0.5) is 0 Å². The van der Waals surface area contributed by atoms with Crippen molar-refractivity contribution in [1.29, 1.82) is 0 Å². The van der Waals surface area contributed by atoms with Gasteiger partial charge in [-0.1, -0.05) is 19.3 Å². The predicted molar refractivity (Wildman–Crippen MR) is 110 cm³/mol. The first-order chi connectivity index (χ1) is 12.6. The van der Waals surface area contributed by atoms with Gasteiger partial charge in [0.1, 0.15) is 0 Å². The molecule has 1 aliphatic carbocycles. The number of nitrogens with one attached hydrogen (secondary N) is 2. The van der Waals surface area contributed by atoms with E-state index in [-0.39, 0.29) is 5.54 Å². The fourth-order valence-corrected chi connectivity index (χ4v) is 4.00. The van der Waals surface area contributed by atoms with Crippen molar-refractivity contribution in [1.82, 2.24) is 20.4 Å². The Hall–Kier alpha value is -0.850. The molecule has 0 aromatic carbocycles. The van der Waals surface area contributed by atoms with Crippen molar-refractivity contribution in [3.8, 4) is 0 Å². The summed E-state index contributed by atoms with van der Waals surface area (Å²) in [5.41, 5.74) is 0.235. The maximum absolute atomic E-state index is 5.59. The highest BCUT2D eigenvalue weighted by molar-refractivity contribution is 5.79. The number of morpholine rings is 1. The monoisotopic (exact) mass is 367 g/mol. The molecule has 2 N–H and O–H groups in total. The van der Waals surface area contributed by atoms with Crippen molar-refractivity contribution in [2.24, 2.45) is 4.99 Å². The summed E-state index contributed by atoms with van der Waals surface area (Å²) in [6.45, 7) is 14.2. The van der Waals surface area contributed by atoms with Gasteiger partial charge in [-0.2, -0.15) is 0 Å². The number of hydrogen-bond donors (Lipinski definition) is 2. The number of ether oxygens (including phenoxy) is 1. The highest BCUT2D eigenvalue weighted by atomic mass is 16.5. The quantitative estimate of drug-likeness (QED) is 0.507. The van der Waals surface area contributed by atoms with Crippen molar-refractivity contribution >= 4 is 5.96 Å². The van der Waals surface area contributed by atoms with E-state index in [2.05, 4.69) is 48.3 Å². The fourth-order valence-electron chi connectivity index (χ4n) is 4.00. The summed E-state index contributed by atoms with van der Waals surface area (Å²) in [6, 6.07) is 0.572. The lowest BCUT2D eigenvalue weighted by atomic mass is 9.80. The van der Waals surface area contributed by atoms with Crippen LogP contribution in [0.15, 0.2) is 4.99 Å².